The second-order valence-corrected chi connectivity index (χ2v) is 6.28. The number of hydrazone groups is 1. The van der Waals surface area contributed by atoms with E-state index in [1.54, 1.807) is 12.3 Å². The smallest absolute Gasteiger partial charge is 0.187 e. The maximum Gasteiger partial charge on any atom is 0.187 e. The van der Waals surface area contributed by atoms with E-state index < -0.39 is 0 Å². The molecule has 3 aromatic rings. The Labute approximate surface area is 164 Å². The van der Waals surface area contributed by atoms with Crippen molar-refractivity contribution in [2.75, 3.05) is 6.54 Å². The third-order valence-electron chi connectivity index (χ3n) is 3.92. The standard InChI is InChI=1S/C22H21N3OS/c1-2-13-23-22(27)25-24-15-17-7-5-11-20(14-17)26-16-19-10-6-9-18-8-3-4-12-21(18)19/h2-12,14-15H,1,13,16H2,(H2,23,25,27). The fourth-order valence-electron chi connectivity index (χ4n) is 2.63. The van der Waals surface area contributed by atoms with Crippen LogP contribution >= 0.6 is 12.2 Å². The van der Waals surface area contributed by atoms with Crippen LogP contribution in [-0.2, 0) is 6.61 Å². The lowest BCUT2D eigenvalue weighted by Crippen LogP contribution is -2.31. The minimum Gasteiger partial charge on any atom is -0.489 e. The van der Waals surface area contributed by atoms with Crippen molar-refractivity contribution in [1.82, 2.24) is 10.7 Å². The number of nitrogens with one attached hydrogen (secondary N) is 2. The van der Waals surface area contributed by atoms with E-state index in [0.717, 1.165) is 16.9 Å². The Balaban J connectivity index is 1.62. The lowest BCUT2D eigenvalue weighted by atomic mass is 10.1. The number of thiocarbonyl (C=S) groups is 1. The highest BCUT2D eigenvalue weighted by molar-refractivity contribution is 7.80. The number of hydrogen-bond donors (Lipinski definition) is 2. The van der Waals surface area contributed by atoms with Crippen LogP contribution in [0.2, 0.25) is 0 Å². The molecule has 0 aliphatic carbocycles. The first kappa shape index (κ1) is 18.6. The molecule has 3 rings (SSSR count). The van der Waals surface area contributed by atoms with Gasteiger partial charge in [-0.25, -0.2) is 0 Å². The predicted octanol–water partition coefficient (Wildman–Crippen LogP) is 4.40. The van der Waals surface area contributed by atoms with Gasteiger partial charge in [0.2, 0.25) is 0 Å². The molecular formula is C22H21N3OS. The number of hydrogen-bond acceptors (Lipinski definition) is 3. The molecule has 3 aromatic carbocycles. The molecule has 136 valence electrons. The van der Waals surface area contributed by atoms with Crippen LogP contribution in [0.15, 0.2) is 84.5 Å². The summed E-state index contributed by atoms with van der Waals surface area (Å²) < 4.78 is 5.99. The van der Waals surface area contributed by atoms with Crippen LogP contribution in [0.25, 0.3) is 10.8 Å². The number of rotatable bonds is 7. The fraction of sp³-hybridized carbons (Fsp3) is 0.0909. The Hall–Kier alpha value is -3.18. The van der Waals surface area contributed by atoms with Crippen molar-refractivity contribution in [1.29, 1.82) is 0 Å². The predicted molar refractivity (Wildman–Crippen MR) is 116 cm³/mol. The highest BCUT2D eigenvalue weighted by atomic mass is 32.1. The fourth-order valence-corrected chi connectivity index (χ4v) is 2.77. The van der Waals surface area contributed by atoms with E-state index in [0.29, 0.717) is 18.3 Å². The minimum atomic E-state index is 0.453. The van der Waals surface area contributed by atoms with Gasteiger partial charge in [-0.2, -0.15) is 5.10 Å². The zero-order valence-corrected chi connectivity index (χ0v) is 15.7. The number of fused-ring (bicyclic) bond motifs is 1. The van der Waals surface area contributed by atoms with E-state index in [9.17, 15) is 0 Å². The van der Waals surface area contributed by atoms with E-state index >= 15 is 0 Å². The molecule has 5 heteroatoms. The van der Waals surface area contributed by atoms with Gasteiger partial charge in [0, 0.05) is 6.54 Å². The Morgan fingerprint density at radius 1 is 1.07 bits per heavy atom. The van der Waals surface area contributed by atoms with Gasteiger partial charge in [0.1, 0.15) is 12.4 Å². The molecule has 0 amide bonds. The largest absolute Gasteiger partial charge is 0.489 e. The van der Waals surface area contributed by atoms with Crippen LogP contribution in [0.4, 0.5) is 0 Å². The van der Waals surface area contributed by atoms with Crippen molar-refractivity contribution in [3.8, 4) is 5.75 Å². The topological polar surface area (TPSA) is 45.7 Å². The zero-order valence-electron chi connectivity index (χ0n) is 14.9. The van der Waals surface area contributed by atoms with Crippen LogP contribution in [-0.4, -0.2) is 17.9 Å². The molecule has 0 aliphatic heterocycles. The summed E-state index contributed by atoms with van der Waals surface area (Å²) in [5.74, 6) is 0.791. The molecule has 2 N–H and O–H groups in total. The van der Waals surface area contributed by atoms with Crippen LogP contribution in [0.1, 0.15) is 11.1 Å². The first-order valence-electron chi connectivity index (χ1n) is 8.63. The highest BCUT2D eigenvalue weighted by Gasteiger charge is 2.02. The van der Waals surface area contributed by atoms with Crippen molar-refractivity contribution < 1.29 is 4.74 Å². The molecule has 0 atom stereocenters. The van der Waals surface area contributed by atoms with Crippen molar-refractivity contribution in [3.63, 3.8) is 0 Å². The Bertz CT molecular complexity index is 963. The molecule has 0 fully saturated rings. The zero-order chi connectivity index (χ0) is 18.9. The van der Waals surface area contributed by atoms with Gasteiger partial charge in [-0.1, -0.05) is 60.7 Å². The number of ether oxygens (including phenoxy) is 1. The molecular weight excluding hydrogens is 354 g/mol. The van der Waals surface area contributed by atoms with Gasteiger partial charge in [0.25, 0.3) is 0 Å². The van der Waals surface area contributed by atoms with Gasteiger partial charge in [0.15, 0.2) is 5.11 Å². The summed E-state index contributed by atoms with van der Waals surface area (Å²) in [6.07, 6.45) is 3.43. The van der Waals surface area contributed by atoms with Crippen molar-refractivity contribution in [2.24, 2.45) is 5.10 Å². The van der Waals surface area contributed by atoms with Crippen LogP contribution in [0.3, 0.4) is 0 Å². The third kappa shape index (κ3) is 5.39. The Morgan fingerprint density at radius 3 is 2.78 bits per heavy atom. The van der Waals surface area contributed by atoms with Crippen LogP contribution in [0.5, 0.6) is 5.75 Å². The highest BCUT2D eigenvalue weighted by Crippen LogP contribution is 2.21. The summed E-state index contributed by atoms with van der Waals surface area (Å²) >= 11 is 5.09. The number of nitrogens with zero attached hydrogens (tertiary/aromatic N) is 1. The summed E-state index contributed by atoms with van der Waals surface area (Å²) in [4.78, 5) is 0. The molecule has 0 heterocycles. The summed E-state index contributed by atoms with van der Waals surface area (Å²) in [5.41, 5.74) is 4.85. The first-order chi connectivity index (χ1) is 13.3. The molecule has 0 saturated heterocycles. The maximum atomic E-state index is 5.99. The quantitative estimate of drug-likeness (QED) is 0.278. The lowest BCUT2D eigenvalue weighted by Gasteiger charge is -2.09. The maximum absolute atomic E-state index is 5.99. The van der Waals surface area contributed by atoms with Crippen molar-refractivity contribution in [3.05, 3.63) is 90.5 Å². The lowest BCUT2D eigenvalue weighted by molar-refractivity contribution is 0.307. The SMILES string of the molecule is C=CCNC(=S)NN=Cc1cccc(OCc2cccc3ccccc23)c1. The molecule has 0 unspecified atom stereocenters. The monoisotopic (exact) mass is 375 g/mol. The molecule has 0 spiro atoms. The van der Waals surface area contributed by atoms with E-state index in [-0.39, 0.29) is 0 Å². The summed E-state index contributed by atoms with van der Waals surface area (Å²) in [6.45, 7) is 4.73. The average Bonchev–Trinajstić information content (AvgIpc) is 2.71. The van der Waals surface area contributed by atoms with Gasteiger partial charge in [0.05, 0.1) is 6.21 Å². The summed E-state index contributed by atoms with van der Waals surface area (Å²) in [7, 11) is 0. The molecule has 0 radical (unpaired) electrons. The second-order valence-electron chi connectivity index (χ2n) is 5.87. The molecule has 4 nitrogen and oxygen atoms in total. The van der Waals surface area contributed by atoms with Gasteiger partial charge in [-0.15, -0.1) is 6.58 Å². The van der Waals surface area contributed by atoms with E-state index in [1.807, 2.05) is 36.4 Å². The summed E-state index contributed by atoms with van der Waals surface area (Å²) in [6, 6.07) is 22.3. The molecule has 0 aromatic heterocycles. The minimum absolute atomic E-state index is 0.453. The van der Waals surface area contributed by atoms with E-state index in [4.69, 9.17) is 17.0 Å². The van der Waals surface area contributed by atoms with Crippen molar-refractivity contribution in [2.45, 2.75) is 6.61 Å². The average molecular weight is 375 g/mol. The van der Waals surface area contributed by atoms with Gasteiger partial charge in [-0.05, 0) is 46.2 Å². The van der Waals surface area contributed by atoms with E-state index in [2.05, 4.69) is 52.8 Å². The molecule has 27 heavy (non-hydrogen) atoms. The molecule has 0 saturated carbocycles. The summed E-state index contributed by atoms with van der Waals surface area (Å²) in [5, 5.41) is 9.95. The van der Waals surface area contributed by atoms with Gasteiger partial charge < -0.3 is 10.1 Å². The number of benzene rings is 3. The molecule has 0 aliphatic rings. The molecule has 0 bridgehead atoms. The normalized spacial score (nSPS) is 10.7. The Kier molecular flexibility index (Phi) is 6.55. The van der Waals surface area contributed by atoms with Gasteiger partial charge in [-0.3, -0.25) is 5.43 Å². The third-order valence-corrected chi connectivity index (χ3v) is 4.15. The Morgan fingerprint density at radius 2 is 1.89 bits per heavy atom. The second kappa shape index (κ2) is 9.50. The van der Waals surface area contributed by atoms with E-state index in [1.165, 1.54) is 10.8 Å². The van der Waals surface area contributed by atoms with Crippen molar-refractivity contribution >= 4 is 34.3 Å². The van der Waals surface area contributed by atoms with Gasteiger partial charge >= 0.3 is 0 Å². The first-order valence-corrected chi connectivity index (χ1v) is 9.04. The van der Waals surface area contributed by atoms with Crippen LogP contribution < -0.4 is 15.5 Å². The van der Waals surface area contributed by atoms with Crippen LogP contribution in [0, 0.1) is 0 Å².